The molecular formula is C14H21F2NO2S. The molecule has 1 aromatic carbocycles. The first-order chi connectivity index (χ1) is 9.38. The smallest absolute Gasteiger partial charge is 0.150 e. The summed E-state index contributed by atoms with van der Waals surface area (Å²) in [7, 11) is -1.21. The molecule has 0 radical (unpaired) electrons. The molecule has 1 aromatic rings. The van der Waals surface area contributed by atoms with Gasteiger partial charge in [0.15, 0.2) is 0 Å². The lowest BCUT2D eigenvalue weighted by Crippen LogP contribution is -2.28. The van der Waals surface area contributed by atoms with Gasteiger partial charge in [-0.3, -0.25) is 0 Å². The number of rotatable bonds is 8. The molecule has 0 aromatic heterocycles. The second-order valence-corrected chi connectivity index (χ2v) is 7.28. The Hall–Kier alpha value is -1.01. The summed E-state index contributed by atoms with van der Waals surface area (Å²) in [5.74, 6) is -0.870. The van der Waals surface area contributed by atoms with Crippen molar-refractivity contribution in [3.05, 3.63) is 35.4 Å². The number of halogens is 2. The number of hydrogen-bond acceptors (Lipinski definition) is 3. The summed E-state index contributed by atoms with van der Waals surface area (Å²) in [6, 6.07) is 3.50. The van der Waals surface area contributed by atoms with E-state index in [4.69, 9.17) is 0 Å². The van der Waals surface area contributed by atoms with Gasteiger partial charge in [-0.05, 0) is 37.9 Å². The Morgan fingerprint density at radius 1 is 1.30 bits per heavy atom. The van der Waals surface area contributed by atoms with Crippen molar-refractivity contribution in [1.82, 2.24) is 5.32 Å². The zero-order valence-electron chi connectivity index (χ0n) is 11.8. The van der Waals surface area contributed by atoms with E-state index in [0.717, 1.165) is 6.07 Å². The fraction of sp³-hybridized carbons (Fsp3) is 0.571. The van der Waals surface area contributed by atoms with Crippen molar-refractivity contribution in [1.29, 1.82) is 0 Å². The Morgan fingerprint density at radius 3 is 2.55 bits per heavy atom. The van der Waals surface area contributed by atoms with Gasteiger partial charge in [-0.15, -0.1) is 0 Å². The van der Waals surface area contributed by atoms with Gasteiger partial charge < -0.3 is 5.32 Å². The van der Waals surface area contributed by atoms with Crippen LogP contribution in [-0.4, -0.2) is 33.0 Å². The predicted molar refractivity (Wildman–Crippen MR) is 76.5 cm³/mol. The maximum absolute atomic E-state index is 13.5. The molecule has 0 bridgehead atoms. The summed E-state index contributed by atoms with van der Waals surface area (Å²) in [4.78, 5) is 0. The Balaban J connectivity index is 2.55. The largest absolute Gasteiger partial charge is 0.317 e. The van der Waals surface area contributed by atoms with E-state index < -0.39 is 21.5 Å². The van der Waals surface area contributed by atoms with Gasteiger partial charge in [0.05, 0.1) is 5.75 Å². The molecule has 1 atom stereocenters. The minimum absolute atomic E-state index is 0.0259. The summed E-state index contributed by atoms with van der Waals surface area (Å²) in [5, 5.41) is 3.04. The summed E-state index contributed by atoms with van der Waals surface area (Å²) in [6.07, 6.45) is 1.58. The SMILES string of the molecule is CCS(=O)(=O)CCCC(Cc1ccc(F)cc1F)NC. The van der Waals surface area contributed by atoms with Crippen molar-refractivity contribution >= 4 is 9.84 Å². The van der Waals surface area contributed by atoms with Gasteiger partial charge in [-0.1, -0.05) is 13.0 Å². The summed E-state index contributed by atoms with van der Waals surface area (Å²) in [6.45, 7) is 1.62. The molecule has 0 aliphatic carbocycles. The molecule has 0 fully saturated rings. The quantitative estimate of drug-likeness (QED) is 0.801. The van der Waals surface area contributed by atoms with Crippen LogP contribution in [0.4, 0.5) is 8.78 Å². The first-order valence-corrected chi connectivity index (χ1v) is 8.51. The zero-order valence-corrected chi connectivity index (χ0v) is 12.6. The highest BCUT2D eigenvalue weighted by Crippen LogP contribution is 2.14. The molecule has 0 heterocycles. The zero-order chi connectivity index (χ0) is 15.2. The maximum atomic E-state index is 13.5. The van der Waals surface area contributed by atoms with Crippen LogP contribution in [0.3, 0.4) is 0 Å². The lowest BCUT2D eigenvalue weighted by molar-refractivity contribution is 0.494. The summed E-state index contributed by atoms with van der Waals surface area (Å²) >= 11 is 0. The average Bonchev–Trinajstić information content (AvgIpc) is 2.40. The van der Waals surface area contributed by atoms with Gasteiger partial charge in [0, 0.05) is 17.9 Å². The Bertz CT molecular complexity index is 532. The monoisotopic (exact) mass is 305 g/mol. The first-order valence-electron chi connectivity index (χ1n) is 6.69. The molecule has 1 unspecified atom stereocenters. The van der Waals surface area contributed by atoms with Crippen LogP contribution in [0.25, 0.3) is 0 Å². The molecule has 0 aliphatic heterocycles. The van der Waals surface area contributed by atoms with Crippen molar-refractivity contribution < 1.29 is 17.2 Å². The van der Waals surface area contributed by atoms with Crippen LogP contribution in [0, 0.1) is 11.6 Å². The maximum Gasteiger partial charge on any atom is 0.150 e. The van der Waals surface area contributed by atoms with Crippen LogP contribution >= 0.6 is 0 Å². The molecular weight excluding hydrogens is 284 g/mol. The highest BCUT2D eigenvalue weighted by Gasteiger charge is 2.13. The number of likely N-dealkylation sites (N-methyl/N-ethyl adjacent to an activating group) is 1. The van der Waals surface area contributed by atoms with Crippen molar-refractivity contribution in [2.75, 3.05) is 18.6 Å². The second-order valence-electron chi connectivity index (χ2n) is 4.80. The van der Waals surface area contributed by atoms with Crippen molar-refractivity contribution in [2.45, 2.75) is 32.2 Å². The topological polar surface area (TPSA) is 46.2 Å². The molecule has 3 nitrogen and oxygen atoms in total. The minimum Gasteiger partial charge on any atom is -0.317 e. The Kier molecular flexibility index (Phi) is 6.55. The lowest BCUT2D eigenvalue weighted by Gasteiger charge is -2.16. The highest BCUT2D eigenvalue weighted by atomic mass is 32.2. The van der Waals surface area contributed by atoms with Gasteiger partial charge in [0.2, 0.25) is 0 Å². The van der Waals surface area contributed by atoms with Crippen LogP contribution in [0.2, 0.25) is 0 Å². The fourth-order valence-corrected chi connectivity index (χ4v) is 2.89. The standard InChI is InChI=1S/C14H21F2NO2S/c1-3-20(18,19)8-4-5-13(17-2)9-11-6-7-12(15)10-14(11)16/h6-7,10,13,17H,3-5,8-9H2,1-2H3. The van der Waals surface area contributed by atoms with Crippen LogP contribution < -0.4 is 5.32 Å². The molecule has 1 rings (SSSR count). The summed E-state index contributed by atoms with van der Waals surface area (Å²) in [5.41, 5.74) is 0.434. The molecule has 0 amide bonds. The fourth-order valence-electron chi connectivity index (χ4n) is 2.00. The average molecular weight is 305 g/mol. The van der Waals surface area contributed by atoms with E-state index in [2.05, 4.69) is 5.32 Å². The summed E-state index contributed by atoms with van der Waals surface area (Å²) < 4.78 is 49.2. The van der Waals surface area contributed by atoms with E-state index >= 15 is 0 Å². The normalized spacial score (nSPS) is 13.4. The molecule has 0 aliphatic rings. The number of hydrogen-bond donors (Lipinski definition) is 1. The number of benzene rings is 1. The first kappa shape index (κ1) is 17.0. The van der Waals surface area contributed by atoms with E-state index in [1.165, 1.54) is 12.1 Å². The molecule has 6 heteroatoms. The van der Waals surface area contributed by atoms with Gasteiger partial charge >= 0.3 is 0 Å². The van der Waals surface area contributed by atoms with Crippen LogP contribution in [0.15, 0.2) is 18.2 Å². The minimum atomic E-state index is -2.96. The third-order valence-electron chi connectivity index (χ3n) is 3.34. The van der Waals surface area contributed by atoms with E-state index in [-0.39, 0.29) is 17.5 Å². The molecule has 20 heavy (non-hydrogen) atoms. The van der Waals surface area contributed by atoms with Gasteiger partial charge in [-0.25, -0.2) is 17.2 Å². The van der Waals surface area contributed by atoms with Gasteiger partial charge in [-0.2, -0.15) is 0 Å². The number of nitrogens with one attached hydrogen (secondary N) is 1. The van der Waals surface area contributed by atoms with Crippen LogP contribution in [0.1, 0.15) is 25.3 Å². The van der Waals surface area contributed by atoms with E-state index in [9.17, 15) is 17.2 Å². The third-order valence-corrected chi connectivity index (χ3v) is 5.13. The lowest BCUT2D eigenvalue weighted by atomic mass is 10.0. The molecule has 1 N–H and O–H groups in total. The third kappa shape index (κ3) is 5.54. The Labute approximate surface area is 119 Å². The highest BCUT2D eigenvalue weighted by molar-refractivity contribution is 7.91. The van der Waals surface area contributed by atoms with E-state index in [1.807, 2.05) is 0 Å². The second kappa shape index (κ2) is 7.69. The molecule has 0 spiro atoms. The molecule has 0 saturated heterocycles. The van der Waals surface area contributed by atoms with Gasteiger partial charge in [0.25, 0.3) is 0 Å². The predicted octanol–water partition coefficient (Wildman–Crippen LogP) is 2.31. The van der Waals surface area contributed by atoms with Crippen LogP contribution in [0.5, 0.6) is 0 Å². The Morgan fingerprint density at radius 2 is 2.00 bits per heavy atom. The van der Waals surface area contributed by atoms with Crippen molar-refractivity contribution in [3.8, 4) is 0 Å². The number of sulfone groups is 1. The van der Waals surface area contributed by atoms with E-state index in [1.54, 1.807) is 14.0 Å². The molecule has 114 valence electrons. The van der Waals surface area contributed by atoms with Gasteiger partial charge in [0.1, 0.15) is 21.5 Å². The van der Waals surface area contributed by atoms with Crippen LogP contribution in [-0.2, 0) is 16.3 Å². The molecule has 0 saturated carbocycles. The van der Waals surface area contributed by atoms with E-state index in [0.29, 0.717) is 24.8 Å². The van der Waals surface area contributed by atoms with Crippen molar-refractivity contribution in [3.63, 3.8) is 0 Å². The van der Waals surface area contributed by atoms with Crippen molar-refractivity contribution in [2.24, 2.45) is 0 Å².